The standard InChI is InChI=1S/C24H14F7O4S/c25-22(23(26,27)28,24(29,30)31)35-20(32)13-34-21(33)14-9-11-15(12-10-14)36-18-7-3-1-5-16(18)17-6-2-4-8-19(17)36/h1-12H,13H2/q+1. The number of ether oxygens (including phenoxy) is 2. The highest BCUT2D eigenvalue weighted by Crippen LogP contribution is 2.48. The molecule has 0 N–H and O–H groups in total. The van der Waals surface area contributed by atoms with Crippen LogP contribution in [0.15, 0.2) is 72.8 Å². The van der Waals surface area contributed by atoms with E-state index >= 15 is 0 Å². The van der Waals surface area contributed by atoms with E-state index in [0.29, 0.717) is 0 Å². The molecule has 0 radical (unpaired) electrons. The number of alkyl halides is 7. The van der Waals surface area contributed by atoms with Crippen molar-refractivity contribution in [1.29, 1.82) is 0 Å². The number of rotatable bonds is 5. The molecule has 0 saturated heterocycles. The molecule has 0 fully saturated rings. The van der Waals surface area contributed by atoms with Crippen LogP contribution in [0, 0.1) is 0 Å². The van der Waals surface area contributed by atoms with Crippen molar-refractivity contribution in [3.63, 3.8) is 0 Å². The Labute approximate surface area is 200 Å². The van der Waals surface area contributed by atoms with Crippen molar-refractivity contribution in [3.05, 3.63) is 78.4 Å². The molecule has 0 amide bonds. The van der Waals surface area contributed by atoms with E-state index in [1.807, 2.05) is 48.5 Å². The lowest BCUT2D eigenvalue weighted by Gasteiger charge is -2.28. The largest absolute Gasteiger partial charge is 0.470 e. The highest BCUT2D eigenvalue weighted by Gasteiger charge is 2.76. The van der Waals surface area contributed by atoms with Gasteiger partial charge >= 0.3 is 30.1 Å². The number of benzene rings is 3. The number of hydrogen-bond donors (Lipinski definition) is 0. The van der Waals surface area contributed by atoms with Gasteiger partial charge in [0.05, 0.1) is 5.56 Å². The highest BCUT2D eigenvalue weighted by molar-refractivity contribution is 7.50. The van der Waals surface area contributed by atoms with Gasteiger partial charge in [-0.2, -0.15) is 30.7 Å². The first-order chi connectivity index (χ1) is 16.8. The molecule has 0 aliphatic heterocycles. The maximum Gasteiger partial charge on any atom is 0.470 e. The lowest BCUT2D eigenvalue weighted by molar-refractivity contribution is -0.417. The van der Waals surface area contributed by atoms with Gasteiger partial charge in [-0.3, -0.25) is 0 Å². The number of halogens is 7. The fourth-order valence-corrected chi connectivity index (χ4v) is 5.88. The van der Waals surface area contributed by atoms with Crippen molar-refractivity contribution in [1.82, 2.24) is 0 Å². The van der Waals surface area contributed by atoms with Gasteiger partial charge in [-0.05, 0) is 48.5 Å². The molecule has 0 atom stereocenters. The first-order valence-electron chi connectivity index (χ1n) is 10.1. The monoisotopic (exact) mass is 531 g/mol. The Hall–Kier alpha value is -3.67. The van der Waals surface area contributed by atoms with Crippen LogP contribution in [0.25, 0.3) is 25.1 Å². The first kappa shape index (κ1) is 25.4. The van der Waals surface area contributed by atoms with Gasteiger partial charge in [0.15, 0.2) is 20.9 Å². The normalized spacial score (nSPS) is 12.6. The zero-order chi connectivity index (χ0) is 26.3. The Morgan fingerprint density at radius 1 is 0.694 bits per heavy atom. The van der Waals surface area contributed by atoms with Crippen molar-refractivity contribution in [3.8, 4) is 4.90 Å². The summed E-state index contributed by atoms with van der Waals surface area (Å²) in [6.45, 7) is -1.66. The smallest absolute Gasteiger partial charge is 0.450 e. The van der Waals surface area contributed by atoms with Crippen LogP contribution in [0.4, 0.5) is 30.7 Å². The van der Waals surface area contributed by atoms with Crippen LogP contribution in [-0.4, -0.2) is 36.8 Å². The minimum atomic E-state index is -6.58. The Morgan fingerprint density at radius 2 is 1.17 bits per heavy atom. The van der Waals surface area contributed by atoms with Gasteiger partial charge in [0.25, 0.3) is 0 Å². The SMILES string of the molecule is O=C(COC(=O)c1ccc(-[s+]2c3ccccc3c3ccccc32)cc1)OC(F)(C(F)(F)F)C(F)(F)F. The summed E-state index contributed by atoms with van der Waals surface area (Å²) in [6.07, 6.45) is -13.2. The number of carbonyl (C=O) groups is 2. The molecule has 188 valence electrons. The molecule has 0 spiro atoms. The second kappa shape index (κ2) is 9.08. The molecule has 12 heteroatoms. The van der Waals surface area contributed by atoms with Crippen LogP contribution in [0.2, 0.25) is 0 Å². The summed E-state index contributed by atoms with van der Waals surface area (Å²) in [6, 6.07) is 21.5. The van der Waals surface area contributed by atoms with E-state index in [9.17, 15) is 40.3 Å². The van der Waals surface area contributed by atoms with Gasteiger partial charge in [-0.1, -0.05) is 24.3 Å². The third-order valence-corrected chi connectivity index (χ3v) is 7.47. The van der Waals surface area contributed by atoms with Gasteiger partial charge in [0.1, 0.15) is 0 Å². The molecule has 4 nitrogen and oxygen atoms in total. The maximum absolute atomic E-state index is 13.5. The van der Waals surface area contributed by atoms with E-state index in [4.69, 9.17) is 0 Å². The van der Waals surface area contributed by atoms with Crippen LogP contribution in [0.5, 0.6) is 0 Å². The topological polar surface area (TPSA) is 52.6 Å². The second-order valence-electron chi connectivity index (χ2n) is 7.46. The Morgan fingerprint density at radius 3 is 1.64 bits per heavy atom. The van der Waals surface area contributed by atoms with Crippen molar-refractivity contribution < 1.29 is 49.8 Å². The van der Waals surface area contributed by atoms with Crippen LogP contribution in [0.1, 0.15) is 10.4 Å². The molecule has 1 heterocycles. The van der Waals surface area contributed by atoms with E-state index in [-0.39, 0.29) is 5.56 Å². The lowest BCUT2D eigenvalue weighted by Crippen LogP contribution is -2.56. The van der Waals surface area contributed by atoms with Crippen molar-refractivity contribution in [2.75, 3.05) is 6.61 Å². The second-order valence-corrected chi connectivity index (χ2v) is 9.43. The van der Waals surface area contributed by atoms with E-state index < -0.39 is 47.2 Å². The summed E-state index contributed by atoms with van der Waals surface area (Å²) >= 11 is 0. The Balaban J connectivity index is 1.50. The van der Waals surface area contributed by atoms with Crippen LogP contribution < -0.4 is 0 Å². The van der Waals surface area contributed by atoms with Gasteiger partial charge < -0.3 is 9.47 Å². The average molecular weight is 531 g/mol. The van der Waals surface area contributed by atoms with Crippen LogP contribution in [0.3, 0.4) is 0 Å². The fraction of sp³-hybridized carbons (Fsp3) is 0.167. The van der Waals surface area contributed by atoms with E-state index in [1.54, 1.807) is 12.1 Å². The highest BCUT2D eigenvalue weighted by atomic mass is 32.2. The molecule has 0 bridgehead atoms. The van der Waals surface area contributed by atoms with Crippen molar-refractivity contribution in [2.24, 2.45) is 0 Å². The van der Waals surface area contributed by atoms with Gasteiger partial charge in [-0.15, -0.1) is 0 Å². The summed E-state index contributed by atoms with van der Waals surface area (Å²) in [5.41, 5.74) is -0.130. The molecular formula is C24H14F7O4S+. The number of hydrogen-bond acceptors (Lipinski definition) is 4. The first-order valence-corrected chi connectivity index (χ1v) is 11.3. The predicted molar refractivity (Wildman–Crippen MR) is 118 cm³/mol. The minimum Gasteiger partial charge on any atom is -0.450 e. The number of thiophene rings is 1. The van der Waals surface area contributed by atoms with Gasteiger partial charge in [0.2, 0.25) is 0 Å². The molecule has 36 heavy (non-hydrogen) atoms. The quantitative estimate of drug-likeness (QED) is 0.155. The molecule has 0 unspecified atom stereocenters. The number of fused-ring (bicyclic) bond motifs is 3. The summed E-state index contributed by atoms with van der Waals surface area (Å²) in [5, 5.41) is 2.14. The van der Waals surface area contributed by atoms with Crippen molar-refractivity contribution >= 4 is 42.6 Å². The third-order valence-electron chi connectivity index (χ3n) is 5.13. The average Bonchev–Trinajstić information content (AvgIpc) is 3.16. The summed E-state index contributed by atoms with van der Waals surface area (Å²) in [4.78, 5) is 24.4. The summed E-state index contributed by atoms with van der Waals surface area (Å²) < 4.78 is 98.0. The molecule has 4 rings (SSSR count). The minimum absolute atomic E-state index is 0.130. The molecule has 3 aromatic carbocycles. The molecule has 4 aromatic rings. The van der Waals surface area contributed by atoms with Gasteiger partial charge in [-0.25, -0.2) is 9.59 Å². The van der Waals surface area contributed by atoms with E-state index in [0.717, 1.165) is 25.1 Å². The number of esters is 2. The fourth-order valence-electron chi connectivity index (χ4n) is 3.50. The molecule has 1 aromatic heterocycles. The number of carbonyl (C=O) groups excluding carboxylic acids is 2. The molecule has 0 saturated carbocycles. The Bertz CT molecular complexity index is 1370. The van der Waals surface area contributed by atoms with E-state index in [1.165, 1.54) is 12.1 Å². The molecule has 0 aliphatic carbocycles. The summed E-state index contributed by atoms with van der Waals surface area (Å²) in [7, 11) is -0.483. The third kappa shape index (κ3) is 4.48. The lowest BCUT2D eigenvalue weighted by atomic mass is 10.2. The predicted octanol–water partition coefficient (Wildman–Crippen LogP) is 7.22. The molecule has 0 aliphatic rings. The Kier molecular flexibility index (Phi) is 6.41. The van der Waals surface area contributed by atoms with Crippen LogP contribution in [-0.2, 0) is 14.3 Å². The zero-order valence-corrected chi connectivity index (χ0v) is 18.6. The maximum atomic E-state index is 13.5. The van der Waals surface area contributed by atoms with Crippen molar-refractivity contribution in [2.45, 2.75) is 18.2 Å². The van der Waals surface area contributed by atoms with Gasteiger partial charge in [0, 0.05) is 21.2 Å². The zero-order valence-electron chi connectivity index (χ0n) is 17.8. The van der Waals surface area contributed by atoms with E-state index in [2.05, 4.69) is 9.47 Å². The summed E-state index contributed by atoms with van der Waals surface area (Å²) in [5.74, 6) is -9.82. The molecular weight excluding hydrogens is 517 g/mol. The van der Waals surface area contributed by atoms with Crippen LogP contribution >= 0.6 is 10.5 Å².